The Hall–Kier alpha value is -2.71. The molecule has 1 heterocycles. The summed E-state index contributed by atoms with van der Waals surface area (Å²) in [6.07, 6.45) is 3.41. The molecule has 0 amide bonds. The highest BCUT2D eigenvalue weighted by Gasteiger charge is 2.33. The van der Waals surface area contributed by atoms with Crippen molar-refractivity contribution in [1.29, 1.82) is 0 Å². The first-order valence-corrected chi connectivity index (χ1v) is 12.2. The molecule has 7 nitrogen and oxygen atoms in total. The van der Waals surface area contributed by atoms with Crippen molar-refractivity contribution in [3.63, 3.8) is 0 Å². The molecular formula is C24H29NO6S. The number of aryl methyl sites for hydroxylation is 1. The largest absolute Gasteiger partial charge is 0.495 e. The molecule has 0 aliphatic carbocycles. The fourth-order valence-corrected chi connectivity index (χ4v) is 5.67. The Balaban J connectivity index is 1.77. The van der Waals surface area contributed by atoms with Crippen LogP contribution in [0, 0.1) is 0 Å². The first-order chi connectivity index (χ1) is 15.3. The van der Waals surface area contributed by atoms with Crippen LogP contribution in [0.1, 0.15) is 59.4 Å². The second kappa shape index (κ2) is 10.3. The number of hydrogen-bond acceptors (Lipinski definition) is 6. The Bertz CT molecular complexity index is 1080. The van der Waals surface area contributed by atoms with Crippen LogP contribution in [0.25, 0.3) is 0 Å². The van der Waals surface area contributed by atoms with Gasteiger partial charge in [-0.25, -0.2) is 13.2 Å². The third-order valence-corrected chi connectivity index (χ3v) is 7.78. The summed E-state index contributed by atoms with van der Waals surface area (Å²) in [5.41, 5.74) is 1.60. The predicted molar refractivity (Wildman–Crippen MR) is 121 cm³/mol. The molecule has 0 bridgehead atoms. The van der Waals surface area contributed by atoms with Gasteiger partial charge in [0, 0.05) is 18.2 Å². The summed E-state index contributed by atoms with van der Waals surface area (Å²) in [7, 11) is -2.47. The van der Waals surface area contributed by atoms with Gasteiger partial charge in [0.05, 0.1) is 12.7 Å². The fraction of sp³-hybridized carbons (Fsp3) is 0.417. The molecule has 1 saturated heterocycles. The standard InChI is InChI=1S/C24H29NO6S/c1-4-18-8-10-19(11-9-18)21(26)16-31-24(27)20-12-13-22(30-3)23(15-20)32(28,29)25-14-6-5-7-17(25)2/h8-13,15,17H,4-7,14,16H2,1-3H3. The number of hydrogen-bond donors (Lipinski definition) is 0. The number of ketones is 1. The highest BCUT2D eigenvalue weighted by atomic mass is 32.2. The molecule has 2 aromatic carbocycles. The molecule has 1 aliphatic rings. The molecule has 8 heteroatoms. The Morgan fingerprint density at radius 2 is 1.75 bits per heavy atom. The molecule has 32 heavy (non-hydrogen) atoms. The maximum atomic E-state index is 13.3. The van der Waals surface area contributed by atoms with Gasteiger partial charge in [0.2, 0.25) is 10.0 Å². The van der Waals surface area contributed by atoms with Gasteiger partial charge in [-0.2, -0.15) is 4.31 Å². The molecule has 0 saturated carbocycles. The van der Waals surface area contributed by atoms with Gasteiger partial charge in [0.25, 0.3) is 0 Å². The van der Waals surface area contributed by atoms with Crippen molar-refractivity contribution in [2.75, 3.05) is 20.3 Å². The zero-order valence-electron chi connectivity index (χ0n) is 18.7. The lowest BCUT2D eigenvalue weighted by molar-refractivity contribution is 0.0474. The number of esters is 1. The molecule has 1 aliphatic heterocycles. The Morgan fingerprint density at radius 1 is 1.06 bits per heavy atom. The number of carbonyl (C=O) groups is 2. The van der Waals surface area contributed by atoms with Crippen LogP contribution >= 0.6 is 0 Å². The molecule has 0 N–H and O–H groups in total. The highest BCUT2D eigenvalue weighted by Crippen LogP contribution is 2.31. The van der Waals surface area contributed by atoms with Crippen molar-refractivity contribution < 1.29 is 27.5 Å². The molecule has 1 atom stereocenters. The molecule has 1 unspecified atom stereocenters. The van der Waals surface area contributed by atoms with Gasteiger partial charge >= 0.3 is 5.97 Å². The van der Waals surface area contributed by atoms with Gasteiger partial charge in [0.15, 0.2) is 12.4 Å². The molecular weight excluding hydrogens is 430 g/mol. The fourth-order valence-electron chi connectivity index (χ4n) is 3.78. The first kappa shape index (κ1) is 23.9. The van der Waals surface area contributed by atoms with Crippen LogP contribution < -0.4 is 4.74 Å². The van der Waals surface area contributed by atoms with Gasteiger partial charge in [-0.3, -0.25) is 4.79 Å². The lowest BCUT2D eigenvalue weighted by Crippen LogP contribution is -2.42. The predicted octanol–water partition coefficient (Wildman–Crippen LogP) is 3.86. The molecule has 3 rings (SSSR count). The van der Waals surface area contributed by atoms with E-state index >= 15 is 0 Å². The van der Waals surface area contributed by atoms with Crippen molar-refractivity contribution in [3.05, 3.63) is 59.2 Å². The van der Waals surface area contributed by atoms with E-state index in [0.717, 1.165) is 31.2 Å². The SMILES string of the molecule is CCc1ccc(C(=O)COC(=O)c2ccc(OC)c(S(=O)(=O)N3CCCCC3C)c2)cc1. The van der Waals surface area contributed by atoms with Crippen molar-refractivity contribution in [2.45, 2.75) is 50.5 Å². The van der Waals surface area contributed by atoms with E-state index in [0.29, 0.717) is 12.1 Å². The van der Waals surface area contributed by atoms with Gasteiger partial charge < -0.3 is 9.47 Å². The summed E-state index contributed by atoms with van der Waals surface area (Å²) in [6, 6.07) is 11.1. The van der Waals surface area contributed by atoms with E-state index in [1.807, 2.05) is 26.0 Å². The second-order valence-electron chi connectivity index (χ2n) is 7.88. The number of methoxy groups -OCH3 is 1. The molecule has 0 radical (unpaired) electrons. The smallest absolute Gasteiger partial charge is 0.338 e. The molecule has 2 aromatic rings. The topological polar surface area (TPSA) is 90.0 Å². The van der Waals surface area contributed by atoms with Crippen molar-refractivity contribution >= 4 is 21.8 Å². The summed E-state index contributed by atoms with van der Waals surface area (Å²) in [5, 5.41) is 0. The van der Waals surface area contributed by atoms with Crippen LogP contribution in [-0.4, -0.2) is 50.8 Å². The summed E-state index contributed by atoms with van der Waals surface area (Å²) < 4.78 is 38.5. The number of nitrogens with zero attached hydrogens (tertiary/aromatic N) is 1. The molecule has 172 valence electrons. The summed E-state index contributed by atoms with van der Waals surface area (Å²) in [5.74, 6) is -0.940. The maximum Gasteiger partial charge on any atom is 0.338 e. The molecule has 1 fully saturated rings. The van der Waals surface area contributed by atoms with E-state index in [4.69, 9.17) is 9.47 Å². The van der Waals surface area contributed by atoms with Crippen LogP contribution in [0.3, 0.4) is 0 Å². The van der Waals surface area contributed by atoms with Crippen molar-refractivity contribution in [2.24, 2.45) is 0 Å². The lowest BCUT2D eigenvalue weighted by atomic mass is 10.1. The third-order valence-electron chi connectivity index (χ3n) is 5.75. The quantitative estimate of drug-likeness (QED) is 0.440. The number of carbonyl (C=O) groups excluding carboxylic acids is 2. The number of sulfonamides is 1. The number of rotatable bonds is 8. The van der Waals surface area contributed by atoms with E-state index in [2.05, 4.69) is 0 Å². The van der Waals surface area contributed by atoms with Crippen LogP contribution in [0.4, 0.5) is 0 Å². The van der Waals surface area contributed by atoms with Crippen LogP contribution in [-0.2, 0) is 21.2 Å². The number of Topliss-reactive ketones (excluding diaryl/α,β-unsaturated/α-hetero) is 1. The summed E-state index contributed by atoms with van der Waals surface area (Å²) in [4.78, 5) is 24.8. The molecule has 0 spiro atoms. The van der Waals surface area contributed by atoms with Crippen molar-refractivity contribution in [3.8, 4) is 5.75 Å². The van der Waals surface area contributed by atoms with E-state index in [1.165, 1.54) is 29.6 Å². The Kier molecular flexibility index (Phi) is 7.69. The summed E-state index contributed by atoms with van der Waals surface area (Å²) >= 11 is 0. The van der Waals surface area contributed by atoms with E-state index in [-0.39, 0.29) is 28.0 Å². The van der Waals surface area contributed by atoms with Gasteiger partial charge in [0.1, 0.15) is 10.6 Å². The first-order valence-electron chi connectivity index (χ1n) is 10.8. The van der Waals surface area contributed by atoms with E-state index < -0.39 is 22.6 Å². The van der Waals surface area contributed by atoms with Crippen LogP contribution in [0.15, 0.2) is 47.4 Å². The number of ether oxygens (including phenoxy) is 2. The zero-order chi connectivity index (χ0) is 23.3. The monoisotopic (exact) mass is 459 g/mol. The van der Waals surface area contributed by atoms with Gasteiger partial charge in [-0.05, 0) is 49.9 Å². The van der Waals surface area contributed by atoms with Gasteiger partial charge in [-0.1, -0.05) is 37.6 Å². The second-order valence-corrected chi connectivity index (χ2v) is 9.73. The number of piperidine rings is 1. The minimum absolute atomic E-state index is 0.0446. The summed E-state index contributed by atoms with van der Waals surface area (Å²) in [6.45, 7) is 3.89. The van der Waals surface area contributed by atoms with E-state index in [9.17, 15) is 18.0 Å². The Morgan fingerprint density at radius 3 is 2.38 bits per heavy atom. The minimum atomic E-state index is -3.86. The van der Waals surface area contributed by atoms with E-state index in [1.54, 1.807) is 12.1 Å². The average Bonchev–Trinajstić information content (AvgIpc) is 2.82. The Labute approximate surface area is 189 Å². The van der Waals surface area contributed by atoms with Crippen molar-refractivity contribution in [1.82, 2.24) is 4.31 Å². The maximum absolute atomic E-state index is 13.3. The molecule has 0 aromatic heterocycles. The minimum Gasteiger partial charge on any atom is -0.495 e. The van der Waals surface area contributed by atoms with Crippen LogP contribution in [0.5, 0.6) is 5.75 Å². The lowest BCUT2D eigenvalue weighted by Gasteiger charge is -2.32. The average molecular weight is 460 g/mol. The number of benzene rings is 2. The third kappa shape index (κ3) is 5.19. The zero-order valence-corrected chi connectivity index (χ0v) is 19.5. The van der Waals surface area contributed by atoms with Gasteiger partial charge in [-0.15, -0.1) is 0 Å². The highest BCUT2D eigenvalue weighted by molar-refractivity contribution is 7.89. The van der Waals surface area contributed by atoms with Crippen LogP contribution in [0.2, 0.25) is 0 Å². The normalized spacial score (nSPS) is 17.0.